The molecular formula is C13H15ClFNO. The summed E-state index contributed by atoms with van der Waals surface area (Å²) in [6, 6.07) is 7.05. The van der Waals surface area contributed by atoms with Crippen LogP contribution in [0.1, 0.15) is 32.2 Å². The van der Waals surface area contributed by atoms with Crippen LogP contribution in [0.5, 0.6) is 0 Å². The highest BCUT2D eigenvalue weighted by Crippen LogP contribution is 2.33. The molecular weight excluding hydrogens is 241 g/mol. The molecule has 0 fully saturated rings. The molecule has 0 saturated carbocycles. The summed E-state index contributed by atoms with van der Waals surface area (Å²) in [5.41, 5.74) is 5.75. The third kappa shape index (κ3) is 2.79. The molecule has 2 aromatic rings. The van der Waals surface area contributed by atoms with Crippen LogP contribution in [0, 0.1) is 0 Å². The van der Waals surface area contributed by atoms with Crippen molar-refractivity contribution in [1.82, 2.24) is 0 Å². The molecule has 0 aliphatic rings. The van der Waals surface area contributed by atoms with Crippen molar-refractivity contribution in [2.75, 3.05) is 0 Å². The van der Waals surface area contributed by atoms with Gasteiger partial charge in [-0.05, 0) is 26.0 Å². The molecule has 0 spiro atoms. The van der Waals surface area contributed by atoms with Crippen molar-refractivity contribution >= 4 is 22.6 Å². The molecule has 1 atom stereocenters. The number of fused-ring (bicyclic) bond motifs is 1. The molecule has 17 heavy (non-hydrogen) atoms. The first-order valence-electron chi connectivity index (χ1n) is 5.48. The number of hydrogen-bond donors (Lipinski definition) is 1. The molecule has 0 aliphatic heterocycles. The second kappa shape index (κ2) is 4.31. The van der Waals surface area contributed by atoms with Gasteiger partial charge in [-0.2, -0.15) is 0 Å². The maximum Gasteiger partial charge on any atom is 0.159 e. The van der Waals surface area contributed by atoms with Crippen LogP contribution in [-0.2, 0) is 0 Å². The number of furan rings is 1. The van der Waals surface area contributed by atoms with E-state index in [2.05, 4.69) is 0 Å². The number of hydrogen-bond acceptors (Lipinski definition) is 2. The van der Waals surface area contributed by atoms with Crippen LogP contribution >= 0.6 is 11.6 Å². The molecule has 1 heterocycles. The van der Waals surface area contributed by atoms with E-state index in [0.29, 0.717) is 10.6 Å². The van der Waals surface area contributed by atoms with Gasteiger partial charge in [0.1, 0.15) is 5.76 Å². The average molecular weight is 256 g/mol. The molecule has 0 bridgehead atoms. The highest BCUT2D eigenvalue weighted by Gasteiger charge is 2.23. The van der Waals surface area contributed by atoms with Crippen LogP contribution in [-0.4, -0.2) is 5.54 Å². The van der Waals surface area contributed by atoms with Gasteiger partial charge in [-0.3, -0.25) is 0 Å². The summed E-state index contributed by atoms with van der Waals surface area (Å²) in [5, 5.41) is 1.30. The standard InChI is InChI=1S/C13H15ClFNO/c1-13(2,16)7-10(15)11-6-8-4-3-5-9(14)12(8)17-11/h3-6,10H,7,16H2,1-2H3. The smallest absolute Gasteiger partial charge is 0.159 e. The fourth-order valence-corrected chi connectivity index (χ4v) is 1.98. The Morgan fingerprint density at radius 1 is 1.47 bits per heavy atom. The molecule has 0 amide bonds. The Morgan fingerprint density at radius 2 is 2.18 bits per heavy atom. The van der Waals surface area contributed by atoms with Crippen molar-refractivity contribution in [1.29, 1.82) is 0 Å². The van der Waals surface area contributed by atoms with Crippen LogP contribution in [0.4, 0.5) is 4.39 Å². The van der Waals surface area contributed by atoms with Crippen LogP contribution in [0.15, 0.2) is 28.7 Å². The Hall–Kier alpha value is -1.06. The Kier molecular flexibility index (Phi) is 3.15. The van der Waals surface area contributed by atoms with Gasteiger partial charge >= 0.3 is 0 Å². The molecule has 2 rings (SSSR count). The van der Waals surface area contributed by atoms with Gasteiger partial charge in [-0.1, -0.05) is 23.7 Å². The molecule has 0 radical (unpaired) electrons. The largest absolute Gasteiger partial charge is 0.456 e. The average Bonchev–Trinajstić information content (AvgIpc) is 2.60. The van der Waals surface area contributed by atoms with E-state index in [4.69, 9.17) is 21.8 Å². The number of rotatable bonds is 3. The number of nitrogens with two attached hydrogens (primary N) is 1. The van der Waals surface area contributed by atoms with Crippen molar-refractivity contribution in [2.45, 2.75) is 32.0 Å². The minimum Gasteiger partial charge on any atom is -0.456 e. The highest BCUT2D eigenvalue weighted by molar-refractivity contribution is 6.34. The third-order valence-corrected chi connectivity index (χ3v) is 2.83. The molecule has 4 heteroatoms. The lowest BCUT2D eigenvalue weighted by molar-refractivity contribution is 0.234. The molecule has 2 nitrogen and oxygen atoms in total. The van der Waals surface area contributed by atoms with E-state index in [-0.39, 0.29) is 12.2 Å². The fourth-order valence-electron chi connectivity index (χ4n) is 1.76. The zero-order chi connectivity index (χ0) is 12.6. The first-order valence-corrected chi connectivity index (χ1v) is 5.85. The van der Waals surface area contributed by atoms with Crippen LogP contribution in [0.3, 0.4) is 0 Å². The molecule has 0 saturated heterocycles. The molecule has 0 aliphatic carbocycles. The van der Waals surface area contributed by atoms with Crippen molar-refractivity contribution < 1.29 is 8.81 Å². The molecule has 1 aromatic heterocycles. The van der Waals surface area contributed by atoms with E-state index < -0.39 is 11.7 Å². The minimum atomic E-state index is -1.21. The van der Waals surface area contributed by atoms with E-state index in [9.17, 15) is 4.39 Å². The predicted octanol–water partition coefficient (Wildman–Crippen LogP) is 4.22. The van der Waals surface area contributed by atoms with E-state index >= 15 is 0 Å². The highest BCUT2D eigenvalue weighted by atomic mass is 35.5. The van der Waals surface area contributed by atoms with Crippen LogP contribution in [0.2, 0.25) is 5.02 Å². The maximum absolute atomic E-state index is 14.0. The summed E-state index contributed by atoms with van der Waals surface area (Å²) in [6.45, 7) is 3.57. The van der Waals surface area contributed by atoms with Crippen LogP contribution < -0.4 is 5.73 Å². The van der Waals surface area contributed by atoms with E-state index in [0.717, 1.165) is 5.39 Å². The Balaban J connectivity index is 2.34. The SMILES string of the molecule is CC(C)(N)CC(F)c1cc2cccc(Cl)c2o1. The van der Waals surface area contributed by atoms with E-state index in [1.54, 1.807) is 26.0 Å². The topological polar surface area (TPSA) is 39.2 Å². The number of para-hydroxylation sites is 1. The molecule has 1 unspecified atom stereocenters. The number of alkyl halides is 1. The Morgan fingerprint density at radius 3 is 2.76 bits per heavy atom. The zero-order valence-corrected chi connectivity index (χ0v) is 10.6. The third-order valence-electron chi connectivity index (χ3n) is 2.53. The fraction of sp³-hybridized carbons (Fsp3) is 0.385. The molecule has 92 valence electrons. The van der Waals surface area contributed by atoms with Gasteiger partial charge in [0.25, 0.3) is 0 Å². The van der Waals surface area contributed by atoms with Crippen molar-refractivity contribution in [3.05, 3.63) is 35.0 Å². The second-order valence-corrected chi connectivity index (χ2v) is 5.37. The first-order chi connectivity index (χ1) is 7.87. The summed E-state index contributed by atoms with van der Waals surface area (Å²) in [7, 11) is 0. The monoisotopic (exact) mass is 255 g/mol. The van der Waals surface area contributed by atoms with Gasteiger partial charge in [-0.15, -0.1) is 0 Å². The lowest BCUT2D eigenvalue weighted by Gasteiger charge is -2.19. The predicted molar refractivity (Wildman–Crippen MR) is 68.0 cm³/mol. The van der Waals surface area contributed by atoms with Crippen molar-refractivity contribution in [3.63, 3.8) is 0 Å². The van der Waals surface area contributed by atoms with Crippen molar-refractivity contribution in [3.8, 4) is 0 Å². The zero-order valence-electron chi connectivity index (χ0n) is 9.84. The van der Waals surface area contributed by atoms with Crippen LogP contribution in [0.25, 0.3) is 11.0 Å². The maximum atomic E-state index is 14.0. The summed E-state index contributed by atoms with van der Waals surface area (Å²) >= 11 is 5.97. The van der Waals surface area contributed by atoms with Crippen molar-refractivity contribution in [2.24, 2.45) is 5.73 Å². The lowest BCUT2D eigenvalue weighted by Crippen LogP contribution is -2.33. The van der Waals surface area contributed by atoms with Gasteiger partial charge in [0.05, 0.1) is 5.02 Å². The number of halogens is 2. The summed E-state index contributed by atoms with van der Waals surface area (Å²) < 4.78 is 19.4. The summed E-state index contributed by atoms with van der Waals surface area (Å²) in [4.78, 5) is 0. The number of benzene rings is 1. The lowest BCUT2D eigenvalue weighted by atomic mass is 9.98. The summed E-state index contributed by atoms with van der Waals surface area (Å²) in [5.74, 6) is 0.284. The quantitative estimate of drug-likeness (QED) is 0.892. The Bertz CT molecular complexity index is 530. The van der Waals surface area contributed by atoms with Gasteiger partial charge < -0.3 is 10.2 Å². The van der Waals surface area contributed by atoms with E-state index in [1.807, 2.05) is 12.1 Å². The normalized spacial score (nSPS) is 14.2. The van der Waals surface area contributed by atoms with Gasteiger partial charge in [0.2, 0.25) is 0 Å². The molecule has 1 aromatic carbocycles. The summed E-state index contributed by atoms with van der Waals surface area (Å²) in [6.07, 6.45) is -0.997. The second-order valence-electron chi connectivity index (χ2n) is 4.97. The van der Waals surface area contributed by atoms with E-state index in [1.165, 1.54) is 0 Å². The van der Waals surface area contributed by atoms with Gasteiger partial charge in [-0.25, -0.2) is 4.39 Å². The molecule has 2 N–H and O–H groups in total. The van der Waals surface area contributed by atoms with Gasteiger partial charge in [0.15, 0.2) is 11.8 Å². The first kappa shape index (κ1) is 12.4. The minimum absolute atomic E-state index is 0.213. The van der Waals surface area contributed by atoms with Gasteiger partial charge in [0, 0.05) is 17.3 Å². The Labute approximate surface area is 105 Å².